The van der Waals surface area contributed by atoms with Crippen molar-refractivity contribution in [2.24, 2.45) is 15.0 Å². The summed E-state index contributed by atoms with van der Waals surface area (Å²) >= 11 is 0. The van der Waals surface area contributed by atoms with Crippen molar-refractivity contribution in [1.29, 1.82) is 0 Å². The number of halogens is 3. The molecule has 1 aromatic carbocycles. The highest BCUT2D eigenvalue weighted by Gasteiger charge is 2.32. The lowest BCUT2D eigenvalue weighted by atomic mass is 10.1. The number of carbonyl (C=O) groups excluding carboxylic acids is 1. The predicted octanol–water partition coefficient (Wildman–Crippen LogP) is 5.86. The topological polar surface area (TPSA) is 75.4 Å². The van der Waals surface area contributed by atoms with Crippen LogP contribution in [0.15, 0.2) is 57.0 Å². The lowest BCUT2D eigenvalue weighted by Crippen LogP contribution is -2.46. The van der Waals surface area contributed by atoms with Crippen LogP contribution in [-0.2, 0) is 9.53 Å². The smallest absolute Gasteiger partial charge is 0.286 e. The highest BCUT2D eigenvalue weighted by Crippen LogP contribution is 2.21. The maximum Gasteiger partial charge on any atom is 0.286 e. The van der Waals surface area contributed by atoms with Gasteiger partial charge in [0.25, 0.3) is 5.92 Å². The van der Waals surface area contributed by atoms with Gasteiger partial charge in [0.05, 0.1) is 19.3 Å². The van der Waals surface area contributed by atoms with E-state index >= 15 is 0 Å². The number of likely N-dealkylation sites (N-methyl/N-ethyl adjacent to an activating group) is 1. The molecule has 1 aromatic rings. The number of hydrogen-bond donors (Lipinski definition) is 1. The number of allylic oxidation sites excluding steroid dienone is 2. The van der Waals surface area contributed by atoms with Crippen LogP contribution >= 0.6 is 0 Å². The van der Waals surface area contributed by atoms with E-state index in [0.29, 0.717) is 13.5 Å². The summed E-state index contributed by atoms with van der Waals surface area (Å²) in [6.07, 6.45) is 6.66. The minimum absolute atomic E-state index is 0.125. The van der Waals surface area contributed by atoms with Crippen molar-refractivity contribution in [3.63, 3.8) is 0 Å². The van der Waals surface area contributed by atoms with E-state index in [0.717, 1.165) is 49.7 Å². The Kier molecular flexibility index (Phi) is 17.2. The minimum Gasteiger partial charge on any atom is -0.376 e. The fourth-order valence-corrected chi connectivity index (χ4v) is 3.06. The van der Waals surface area contributed by atoms with E-state index in [1.807, 2.05) is 37.4 Å². The third-order valence-electron chi connectivity index (χ3n) is 5.14. The number of alkyl halides is 3. The van der Waals surface area contributed by atoms with Crippen LogP contribution in [0, 0.1) is 0 Å². The van der Waals surface area contributed by atoms with Gasteiger partial charge >= 0.3 is 0 Å². The van der Waals surface area contributed by atoms with Gasteiger partial charge in [-0.15, -0.1) is 0 Å². The molecule has 1 saturated heterocycles. The second-order valence-electron chi connectivity index (χ2n) is 8.09. The Balaban J connectivity index is 0.000000592. The number of aliphatic imine (C=N–C) groups is 3. The number of amidine groups is 2. The molecule has 0 saturated carbocycles. The summed E-state index contributed by atoms with van der Waals surface area (Å²) in [4.78, 5) is 22.6. The molecule has 202 valence electrons. The maximum atomic E-state index is 12.6. The number of carbonyl (C=O) groups is 1. The Morgan fingerprint density at radius 3 is 2.19 bits per heavy atom. The van der Waals surface area contributed by atoms with E-state index < -0.39 is 5.92 Å². The van der Waals surface area contributed by atoms with Gasteiger partial charge in [-0.3, -0.25) is 14.2 Å². The zero-order valence-corrected chi connectivity index (χ0v) is 22.5. The summed E-state index contributed by atoms with van der Waals surface area (Å²) in [5.41, 5.74) is 0.924. The van der Waals surface area contributed by atoms with Crippen molar-refractivity contribution in [3.8, 4) is 0 Å². The molecule has 36 heavy (non-hydrogen) atoms. The summed E-state index contributed by atoms with van der Waals surface area (Å²) in [5, 5.41) is 3.26. The molecule has 6 nitrogen and oxygen atoms in total. The standard InChI is InChI=1S/C14H17N3O.C8H11F2NO.C4H10.CH3F/c1-15-12(11-8-5-9-18-11)14-16-13(17-14)10-6-3-2-4-7-10;1-6(5-12)4-7(11-3)8(2,9)10;1-3-4-2;1-2/h2-4,6-7,11-12,15H,5,8-9H2,1H3;4-5H,1-3H3;3-4H2,1-2H3;1H3/b;6-4+,11-7?;;/t11-,12-;;;/m0.../s1. The van der Waals surface area contributed by atoms with Crippen LogP contribution in [0.4, 0.5) is 13.2 Å². The molecule has 2 heterocycles. The van der Waals surface area contributed by atoms with Gasteiger partial charge in [-0.05, 0) is 38.5 Å². The number of aldehydes is 1. The molecule has 0 aromatic heterocycles. The minimum atomic E-state index is -2.99. The molecule has 2 aliphatic heterocycles. The largest absolute Gasteiger partial charge is 0.376 e. The third kappa shape index (κ3) is 11.9. The van der Waals surface area contributed by atoms with Crippen LogP contribution in [0.2, 0.25) is 0 Å². The normalized spacial score (nSPS) is 18.0. The van der Waals surface area contributed by atoms with Crippen LogP contribution in [0.5, 0.6) is 0 Å². The third-order valence-corrected chi connectivity index (χ3v) is 5.14. The Morgan fingerprint density at radius 1 is 1.22 bits per heavy atom. The number of ether oxygens (including phenoxy) is 1. The van der Waals surface area contributed by atoms with Gasteiger partial charge in [0.2, 0.25) is 0 Å². The van der Waals surface area contributed by atoms with Gasteiger partial charge in [0.1, 0.15) is 12.0 Å². The summed E-state index contributed by atoms with van der Waals surface area (Å²) in [6, 6.07) is 10.2. The fraction of sp³-hybridized carbons (Fsp3) is 0.556. The number of nitrogens with zero attached hydrogens (tertiary/aromatic N) is 3. The van der Waals surface area contributed by atoms with Crippen LogP contribution in [0.25, 0.3) is 0 Å². The van der Waals surface area contributed by atoms with E-state index in [9.17, 15) is 18.0 Å². The van der Waals surface area contributed by atoms with Crippen LogP contribution in [0.1, 0.15) is 58.9 Å². The molecule has 9 heteroatoms. The molecule has 3 rings (SSSR count). The van der Waals surface area contributed by atoms with Gasteiger partial charge in [0, 0.05) is 26.1 Å². The van der Waals surface area contributed by atoms with Crippen molar-refractivity contribution < 1.29 is 22.7 Å². The second kappa shape index (κ2) is 18.6. The first-order chi connectivity index (χ1) is 17.2. The first-order valence-corrected chi connectivity index (χ1v) is 12.1. The molecule has 2 atom stereocenters. The molecule has 2 aliphatic rings. The Morgan fingerprint density at radius 2 is 1.81 bits per heavy atom. The Hall–Kier alpha value is -2.65. The van der Waals surface area contributed by atoms with Gasteiger partial charge in [-0.2, -0.15) is 8.78 Å². The molecule has 1 N–H and O–H groups in total. The van der Waals surface area contributed by atoms with E-state index in [1.54, 1.807) is 0 Å². The molecular weight excluding hydrogens is 469 g/mol. The van der Waals surface area contributed by atoms with E-state index in [2.05, 4.69) is 34.1 Å². The van der Waals surface area contributed by atoms with Gasteiger partial charge < -0.3 is 10.1 Å². The van der Waals surface area contributed by atoms with Crippen LogP contribution in [0.3, 0.4) is 0 Å². The van der Waals surface area contributed by atoms with Crippen LogP contribution < -0.4 is 5.32 Å². The highest BCUT2D eigenvalue weighted by atomic mass is 19.3. The number of unbranched alkanes of at least 4 members (excludes halogenated alkanes) is 1. The van der Waals surface area contributed by atoms with E-state index in [4.69, 9.17) is 4.74 Å². The van der Waals surface area contributed by atoms with Crippen molar-refractivity contribution in [2.75, 3.05) is 27.9 Å². The SMILES string of the molecule is CCCC.CF.CN=C(/C=C(\C)C=O)C(C)(F)F.CN[C@H](C1=NC(c2ccccc2)=N1)[C@@H]1CCCO1. The van der Waals surface area contributed by atoms with Gasteiger partial charge in [-0.25, -0.2) is 9.98 Å². The molecule has 0 amide bonds. The zero-order valence-electron chi connectivity index (χ0n) is 22.5. The maximum absolute atomic E-state index is 12.6. The first-order valence-electron chi connectivity index (χ1n) is 12.1. The van der Waals surface area contributed by atoms with Crippen molar-refractivity contribution in [3.05, 3.63) is 47.5 Å². The number of hydrogen-bond acceptors (Lipinski definition) is 6. The average Bonchev–Trinajstić information content (AvgIpc) is 3.40. The monoisotopic (exact) mass is 510 g/mol. The molecule has 1 fully saturated rings. The van der Waals surface area contributed by atoms with Crippen LogP contribution in [-0.4, -0.2) is 69.6 Å². The quantitative estimate of drug-likeness (QED) is 0.270. The van der Waals surface area contributed by atoms with Gasteiger partial charge in [0.15, 0.2) is 11.7 Å². The lowest BCUT2D eigenvalue weighted by molar-refractivity contribution is -0.104. The van der Waals surface area contributed by atoms with Crippen molar-refractivity contribution in [1.82, 2.24) is 5.32 Å². The summed E-state index contributed by atoms with van der Waals surface area (Å²) in [7, 11) is 3.70. The fourth-order valence-electron chi connectivity index (χ4n) is 3.06. The number of nitrogens with one attached hydrogen (secondary N) is 1. The summed E-state index contributed by atoms with van der Waals surface area (Å²) in [6.45, 7) is 7.40. The zero-order chi connectivity index (χ0) is 27.6. The average molecular weight is 511 g/mol. The highest BCUT2D eigenvalue weighted by molar-refractivity contribution is 6.20. The van der Waals surface area contributed by atoms with Crippen molar-refractivity contribution in [2.45, 2.75) is 71.4 Å². The molecule has 0 bridgehead atoms. The number of benzene rings is 1. The Bertz CT molecular complexity index is 871. The van der Waals surface area contributed by atoms with E-state index in [-0.39, 0.29) is 23.4 Å². The predicted molar refractivity (Wildman–Crippen MR) is 144 cm³/mol. The van der Waals surface area contributed by atoms with E-state index in [1.165, 1.54) is 26.8 Å². The van der Waals surface area contributed by atoms with Crippen molar-refractivity contribution >= 4 is 23.7 Å². The molecule has 0 radical (unpaired) electrons. The summed E-state index contributed by atoms with van der Waals surface area (Å²) in [5.74, 6) is -1.30. The molecule has 0 spiro atoms. The molecule has 0 unspecified atom stereocenters. The summed E-state index contributed by atoms with van der Waals surface area (Å²) < 4.78 is 40.4. The van der Waals surface area contributed by atoms with Gasteiger partial charge in [-0.1, -0.05) is 57.0 Å². The Labute approximate surface area is 213 Å². The number of rotatable bonds is 8. The second-order valence-corrected chi connectivity index (χ2v) is 8.09. The molecular formula is C27H41F3N4O2. The first kappa shape index (κ1) is 33.4. The molecule has 0 aliphatic carbocycles. The lowest BCUT2D eigenvalue weighted by Gasteiger charge is -2.25.